The fraction of sp³-hybridized carbons (Fsp3) is 0.533. The third-order valence-corrected chi connectivity index (χ3v) is 3.29. The lowest BCUT2D eigenvalue weighted by atomic mass is 10.0. The van der Waals surface area contributed by atoms with Crippen molar-refractivity contribution in [1.29, 1.82) is 0 Å². The van der Waals surface area contributed by atoms with Crippen LogP contribution in [0.1, 0.15) is 25.5 Å². The quantitative estimate of drug-likeness (QED) is 0.807. The number of methoxy groups -OCH3 is 2. The summed E-state index contributed by atoms with van der Waals surface area (Å²) >= 11 is 0. The van der Waals surface area contributed by atoms with E-state index in [0.717, 1.165) is 0 Å². The molecule has 0 fully saturated rings. The highest BCUT2D eigenvalue weighted by atomic mass is 19.1. The Hall–Kier alpha value is -1.82. The summed E-state index contributed by atoms with van der Waals surface area (Å²) in [6.45, 7) is 4.10. The molecule has 2 N–H and O–H groups in total. The van der Waals surface area contributed by atoms with E-state index in [2.05, 4.69) is 10.6 Å². The molecule has 0 aromatic heterocycles. The lowest BCUT2D eigenvalue weighted by Gasteiger charge is -2.19. The van der Waals surface area contributed by atoms with Crippen molar-refractivity contribution in [2.75, 3.05) is 27.8 Å². The molecule has 6 heteroatoms. The second kappa shape index (κ2) is 7.83. The van der Waals surface area contributed by atoms with Gasteiger partial charge in [-0.15, -0.1) is 0 Å². The van der Waals surface area contributed by atoms with Crippen molar-refractivity contribution >= 4 is 5.91 Å². The van der Waals surface area contributed by atoms with Crippen LogP contribution in [0.2, 0.25) is 0 Å². The second-order valence-corrected chi connectivity index (χ2v) is 4.92. The van der Waals surface area contributed by atoms with Gasteiger partial charge < -0.3 is 20.1 Å². The van der Waals surface area contributed by atoms with Crippen LogP contribution < -0.4 is 20.1 Å². The van der Waals surface area contributed by atoms with Crippen molar-refractivity contribution in [3.63, 3.8) is 0 Å². The van der Waals surface area contributed by atoms with E-state index in [1.165, 1.54) is 20.3 Å². The molecule has 1 rings (SSSR count). The average molecular weight is 298 g/mol. The number of rotatable bonds is 7. The minimum Gasteiger partial charge on any atom is -0.493 e. The van der Waals surface area contributed by atoms with Crippen molar-refractivity contribution in [2.24, 2.45) is 5.92 Å². The molecule has 1 aromatic carbocycles. The molecule has 0 saturated heterocycles. The Balaban J connectivity index is 2.92. The van der Waals surface area contributed by atoms with Crippen LogP contribution in [0.15, 0.2) is 12.1 Å². The van der Waals surface area contributed by atoms with Crippen molar-refractivity contribution in [2.45, 2.75) is 19.9 Å². The Morgan fingerprint density at radius 3 is 2.33 bits per heavy atom. The largest absolute Gasteiger partial charge is 0.493 e. The molecule has 118 valence electrons. The standard InChI is InChI=1S/C15H23FN2O3/c1-9(8-17-3)15(19)18-10(2)11-6-13(20-4)14(21-5)7-12(11)16/h6-7,9-10,17H,8H2,1-5H3,(H,18,19). The number of hydrogen-bond acceptors (Lipinski definition) is 4. The molecule has 0 heterocycles. The van der Waals surface area contributed by atoms with Gasteiger partial charge in [0.1, 0.15) is 5.82 Å². The van der Waals surface area contributed by atoms with Crippen LogP contribution in [-0.2, 0) is 4.79 Å². The molecule has 0 saturated carbocycles. The molecule has 0 aliphatic rings. The van der Waals surface area contributed by atoms with Gasteiger partial charge in [-0.1, -0.05) is 6.92 Å². The van der Waals surface area contributed by atoms with Crippen molar-refractivity contribution in [3.05, 3.63) is 23.5 Å². The highest BCUT2D eigenvalue weighted by molar-refractivity contribution is 5.79. The van der Waals surface area contributed by atoms with Gasteiger partial charge in [0.15, 0.2) is 11.5 Å². The summed E-state index contributed by atoms with van der Waals surface area (Å²) in [5.41, 5.74) is 0.359. The molecule has 1 aromatic rings. The summed E-state index contributed by atoms with van der Waals surface area (Å²) in [5, 5.41) is 5.73. The van der Waals surface area contributed by atoms with E-state index in [9.17, 15) is 9.18 Å². The Labute approximate surface area is 124 Å². The van der Waals surface area contributed by atoms with Gasteiger partial charge in [0.2, 0.25) is 5.91 Å². The van der Waals surface area contributed by atoms with Crippen molar-refractivity contribution in [1.82, 2.24) is 10.6 Å². The topological polar surface area (TPSA) is 59.6 Å². The molecule has 0 aliphatic carbocycles. The highest BCUT2D eigenvalue weighted by Crippen LogP contribution is 2.32. The normalized spacial score (nSPS) is 13.4. The van der Waals surface area contributed by atoms with Gasteiger partial charge in [-0.3, -0.25) is 4.79 Å². The lowest BCUT2D eigenvalue weighted by molar-refractivity contribution is -0.125. The van der Waals surface area contributed by atoms with E-state index < -0.39 is 11.9 Å². The first-order valence-electron chi connectivity index (χ1n) is 6.81. The predicted octanol–water partition coefficient (Wildman–Crippen LogP) is 1.88. The molecule has 0 bridgehead atoms. The Morgan fingerprint density at radius 1 is 1.24 bits per heavy atom. The molecule has 21 heavy (non-hydrogen) atoms. The SMILES string of the molecule is CNCC(C)C(=O)NC(C)c1cc(OC)c(OC)cc1F. The minimum atomic E-state index is -0.461. The maximum absolute atomic E-state index is 14.1. The Kier molecular flexibility index (Phi) is 6.42. The molecule has 2 unspecified atom stereocenters. The van der Waals surface area contributed by atoms with E-state index >= 15 is 0 Å². The number of benzene rings is 1. The van der Waals surface area contributed by atoms with Crippen LogP contribution in [-0.4, -0.2) is 33.7 Å². The molecule has 0 radical (unpaired) electrons. The zero-order chi connectivity index (χ0) is 16.0. The van der Waals surface area contributed by atoms with Crippen LogP contribution in [0, 0.1) is 11.7 Å². The van der Waals surface area contributed by atoms with E-state index in [4.69, 9.17) is 9.47 Å². The molecule has 5 nitrogen and oxygen atoms in total. The van der Waals surface area contributed by atoms with Gasteiger partial charge >= 0.3 is 0 Å². The van der Waals surface area contributed by atoms with Gasteiger partial charge in [-0.05, 0) is 20.0 Å². The minimum absolute atomic E-state index is 0.133. The third kappa shape index (κ3) is 4.32. The number of hydrogen-bond donors (Lipinski definition) is 2. The zero-order valence-electron chi connectivity index (χ0n) is 13.1. The average Bonchev–Trinajstić information content (AvgIpc) is 2.46. The monoisotopic (exact) mass is 298 g/mol. The molecule has 0 aliphatic heterocycles. The third-order valence-electron chi connectivity index (χ3n) is 3.29. The summed E-state index contributed by atoms with van der Waals surface area (Å²) in [5.74, 6) is -0.0208. The second-order valence-electron chi connectivity index (χ2n) is 4.92. The fourth-order valence-corrected chi connectivity index (χ4v) is 2.03. The Bertz CT molecular complexity index is 494. The molecule has 2 atom stereocenters. The number of carbonyl (C=O) groups excluding carboxylic acids is 1. The first-order chi connectivity index (χ1) is 9.94. The van der Waals surface area contributed by atoms with Crippen LogP contribution in [0.4, 0.5) is 4.39 Å². The number of nitrogens with one attached hydrogen (secondary N) is 2. The lowest BCUT2D eigenvalue weighted by Crippen LogP contribution is -2.36. The van der Waals surface area contributed by atoms with E-state index in [0.29, 0.717) is 23.6 Å². The van der Waals surface area contributed by atoms with Crippen LogP contribution >= 0.6 is 0 Å². The molecule has 0 spiro atoms. The smallest absolute Gasteiger partial charge is 0.224 e. The number of ether oxygens (including phenoxy) is 2. The van der Waals surface area contributed by atoms with Gasteiger partial charge in [0.25, 0.3) is 0 Å². The summed E-state index contributed by atoms with van der Waals surface area (Å²) in [4.78, 5) is 12.0. The highest BCUT2D eigenvalue weighted by Gasteiger charge is 2.20. The molecular formula is C15H23FN2O3. The van der Waals surface area contributed by atoms with Crippen LogP contribution in [0.25, 0.3) is 0 Å². The maximum Gasteiger partial charge on any atom is 0.224 e. The predicted molar refractivity (Wildman–Crippen MR) is 79.2 cm³/mol. The molecule has 1 amide bonds. The summed E-state index contributed by atoms with van der Waals surface area (Å²) < 4.78 is 24.3. The van der Waals surface area contributed by atoms with Gasteiger partial charge in [0.05, 0.1) is 20.3 Å². The summed E-state index contributed by atoms with van der Waals surface area (Å²) in [7, 11) is 4.71. The Morgan fingerprint density at radius 2 is 1.81 bits per heavy atom. The maximum atomic E-state index is 14.1. The first-order valence-corrected chi connectivity index (χ1v) is 6.81. The van der Waals surface area contributed by atoms with E-state index in [1.54, 1.807) is 20.0 Å². The number of carbonyl (C=O) groups is 1. The summed E-state index contributed by atoms with van der Waals surface area (Å²) in [6, 6.07) is 2.34. The van der Waals surface area contributed by atoms with E-state index in [1.807, 2.05) is 6.92 Å². The first kappa shape index (κ1) is 17.2. The number of halogens is 1. The molecular weight excluding hydrogens is 275 g/mol. The van der Waals surface area contributed by atoms with E-state index in [-0.39, 0.29) is 11.8 Å². The van der Waals surface area contributed by atoms with Crippen molar-refractivity contribution in [3.8, 4) is 11.5 Å². The van der Waals surface area contributed by atoms with Gasteiger partial charge in [-0.2, -0.15) is 0 Å². The zero-order valence-corrected chi connectivity index (χ0v) is 13.1. The van der Waals surface area contributed by atoms with Crippen LogP contribution in [0.5, 0.6) is 11.5 Å². The van der Waals surface area contributed by atoms with Crippen molar-refractivity contribution < 1.29 is 18.7 Å². The van der Waals surface area contributed by atoms with Crippen LogP contribution in [0.3, 0.4) is 0 Å². The van der Waals surface area contributed by atoms with Gasteiger partial charge in [-0.25, -0.2) is 4.39 Å². The summed E-state index contributed by atoms with van der Waals surface area (Å²) in [6.07, 6.45) is 0. The van der Waals surface area contributed by atoms with Gasteiger partial charge in [0, 0.05) is 24.1 Å². The number of amides is 1. The fourth-order valence-electron chi connectivity index (χ4n) is 2.03.